The smallest absolute Gasteiger partial charge is 1.00 e. The van der Waals surface area contributed by atoms with Crippen molar-refractivity contribution in [2.24, 2.45) is 0 Å². The largest absolute Gasteiger partial charge is 1.00 e. The summed E-state index contributed by atoms with van der Waals surface area (Å²) in [6.07, 6.45) is 0. The summed E-state index contributed by atoms with van der Waals surface area (Å²) >= 11 is 0. The van der Waals surface area contributed by atoms with Crippen molar-refractivity contribution < 1.29 is 78.2 Å². The van der Waals surface area contributed by atoms with Crippen LogP contribution in [0.4, 0.5) is 0 Å². The van der Waals surface area contributed by atoms with Crippen LogP contribution in [0.25, 0.3) is 0 Å². The Kier molecular flexibility index (Phi) is 51.7. The molecule has 0 aliphatic heterocycles. The monoisotopic (exact) mass is 144 g/mol. The van der Waals surface area contributed by atoms with E-state index in [0.29, 0.717) is 0 Å². The maximum Gasteiger partial charge on any atom is 1.00 e. The average Bonchev–Trinajstić information content (AvgIpc) is 0.811. The third-order valence-electron chi connectivity index (χ3n) is 0. The SMILES string of the molecule is O=[P+]([O-])[O-].[F-].[Na+].[Na+]. The molecule has 3 nitrogen and oxygen atoms in total. The zero-order valence-electron chi connectivity index (χ0n) is 4.05. The van der Waals surface area contributed by atoms with Crippen LogP contribution in [0.5, 0.6) is 0 Å². The molecule has 0 heterocycles. The van der Waals surface area contributed by atoms with Crippen LogP contribution in [0, 0.1) is 0 Å². The first-order chi connectivity index (χ1) is 1.73. The molecule has 0 saturated carbocycles. The van der Waals surface area contributed by atoms with Gasteiger partial charge in [0.1, 0.15) is 0 Å². The number of hydrogen-bond donors (Lipinski definition) is 0. The van der Waals surface area contributed by atoms with Crippen LogP contribution in [-0.2, 0) is 4.57 Å². The summed E-state index contributed by atoms with van der Waals surface area (Å²) in [7, 11) is -3.37. The minimum absolute atomic E-state index is 0. The summed E-state index contributed by atoms with van der Waals surface area (Å²) in [5, 5.41) is 0. The van der Waals surface area contributed by atoms with Gasteiger partial charge in [-0.25, -0.2) is 0 Å². The third kappa shape index (κ3) is 74.0. The van der Waals surface area contributed by atoms with Crippen molar-refractivity contribution in [1.82, 2.24) is 0 Å². The van der Waals surface area contributed by atoms with Crippen molar-refractivity contribution in [3.05, 3.63) is 0 Å². The molecule has 32 valence electrons. The van der Waals surface area contributed by atoms with Crippen molar-refractivity contribution >= 4 is 8.25 Å². The van der Waals surface area contributed by atoms with Crippen LogP contribution in [-0.4, -0.2) is 0 Å². The Morgan fingerprint density at radius 1 is 1.14 bits per heavy atom. The van der Waals surface area contributed by atoms with E-state index in [1.807, 2.05) is 0 Å². The number of rotatable bonds is 0. The first kappa shape index (κ1) is 23.1. The van der Waals surface area contributed by atoms with Crippen molar-refractivity contribution in [2.75, 3.05) is 0 Å². The quantitative estimate of drug-likeness (QED) is 0.250. The van der Waals surface area contributed by atoms with Crippen molar-refractivity contribution in [2.45, 2.75) is 0 Å². The molecule has 0 fully saturated rings. The Balaban J connectivity index is -0.0000000150. The molecule has 7 heavy (non-hydrogen) atoms. The van der Waals surface area contributed by atoms with Gasteiger partial charge in [0, 0.05) is 0 Å². The Morgan fingerprint density at radius 3 is 1.14 bits per heavy atom. The van der Waals surface area contributed by atoms with E-state index in [1.54, 1.807) is 0 Å². The predicted octanol–water partition coefficient (Wildman–Crippen LogP) is -10.6. The van der Waals surface area contributed by atoms with Gasteiger partial charge >= 0.3 is 59.1 Å². The molecule has 0 saturated heterocycles. The molecule has 0 rings (SSSR count). The van der Waals surface area contributed by atoms with Gasteiger partial charge in [0.25, 0.3) is 8.25 Å². The van der Waals surface area contributed by atoms with E-state index in [9.17, 15) is 0 Å². The minimum atomic E-state index is -3.37. The van der Waals surface area contributed by atoms with Crippen LogP contribution in [0.2, 0.25) is 0 Å². The minimum Gasteiger partial charge on any atom is -1.00 e. The maximum atomic E-state index is 8.48. The second-order valence-corrected chi connectivity index (χ2v) is 0.671. The van der Waals surface area contributed by atoms with E-state index >= 15 is 0 Å². The molecule has 0 aromatic heterocycles. The maximum absolute atomic E-state index is 8.48. The fraction of sp³-hybridized carbons (Fsp3) is 0. The first-order valence-electron chi connectivity index (χ1n) is 0.548. The molecule has 0 bridgehead atoms. The molecule has 0 unspecified atom stereocenters. The molecule has 0 spiro atoms. The standard InChI is InChI=1S/FH.2Na.HO3P/c;;;1-4(2)3/h1H;;;(H,1,2,3)/q;2*+1;/p-2. The first-order valence-corrected chi connectivity index (χ1v) is 1.64. The van der Waals surface area contributed by atoms with E-state index in [1.165, 1.54) is 0 Å². The summed E-state index contributed by atoms with van der Waals surface area (Å²) in [6, 6.07) is 0. The van der Waals surface area contributed by atoms with Crippen molar-refractivity contribution in [3.8, 4) is 0 Å². The van der Waals surface area contributed by atoms with Gasteiger partial charge in [-0.1, -0.05) is 4.57 Å². The van der Waals surface area contributed by atoms with Gasteiger partial charge in [0.2, 0.25) is 0 Å². The molecule has 0 aliphatic rings. The van der Waals surface area contributed by atoms with Crippen molar-refractivity contribution in [1.29, 1.82) is 0 Å². The van der Waals surface area contributed by atoms with Gasteiger partial charge in [0.05, 0.1) is 0 Å². The van der Waals surface area contributed by atoms with Gasteiger partial charge in [-0.15, -0.1) is 0 Å². The summed E-state index contributed by atoms with van der Waals surface area (Å²) in [5.74, 6) is 0. The molecule has 0 aromatic carbocycles. The van der Waals surface area contributed by atoms with Crippen molar-refractivity contribution in [3.63, 3.8) is 0 Å². The Morgan fingerprint density at radius 2 is 1.14 bits per heavy atom. The van der Waals surface area contributed by atoms with Gasteiger partial charge in [-0.05, 0) is 0 Å². The zero-order valence-corrected chi connectivity index (χ0v) is 8.94. The second-order valence-electron chi connectivity index (χ2n) is 0.224. The number of halogens is 1. The Hall–Kier alpha value is 1.95. The predicted molar refractivity (Wildman–Crippen MR) is 7.61 cm³/mol. The summed E-state index contributed by atoms with van der Waals surface area (Å²) in [4.78, 5) is 17.0. The van der Waals surface area contributed by atoms with E-state index in [4.69, 9.17) is 14.4 Å². The van der Waals surface area contributed by atoms with Gasteiger partial charge in [-0.3, -0.25) is 0 Å². The van der Waals surface area contributed by atoms with Crippen LogP contribution < -0.4 is 73.6 Å². The molecule has 0 aromatic rings. The molecule has 0 amide bonds. The van der Waals surface area contributed by atoms with E-state index in [-0.39, 0.29) is 63.8 Å². The summed E-state index contributed by atoms with van der Waals surface area (Å²) in [5.41, 5.74) is 0. The van der Waals surface area contributed by atoms with Crippen LogP contribution in [0.15, 0.2) is 0 Å². The molecule has 7 heteroatoms. The molecule has 0 N–H and O–H groups in total. The van der Waals surface area contributed by atoms with Crippen LogP contribution in [0.1, 0.15) is 0 Å². The topological polar surface area (TPSA) is 63.2 Å². The van der Waals surface area contributed by atoms with E-state index < -0.39 is 8.25 Å². The molecule has 0 atom stereocenters. The normalized spacial score (nSPS) is 3.71. The third-order valence-corrected chi connectivity index (χ3v) is 0. The van der Waals surface area contributed by atoms with Crippen LogP contribution in [0.3, 0.4) is 0 Å². The molecule has 0 radical (unpaired) electrons. The van der Waals surface area contributed by atoms with Crippen LogP contribution >= 0.6 is 8.25 Å². The average molecular weight is 144 g/mol. The molecular weight excluding hydrogens is 144 g/mol. The fourth-order valence-corrected chi connectivity index (χ4v) is 0. The molecular formula is FNa2O3P. The summed E-state index contributed by atoms with van der Waals surface area (Å²) < 4.78 is 8.48. The van der Waals surface area contributed by atoms with E-state index in [0.717, 1.165) is 0 Å². The summed E-state index contributed by atoms with van der Waals surface area (Å²) in [6.45, 7) is 0. The van der Waals surface area contributed by atoms with Gasteiger partial charge < -0.3 is 14.5 Å². The Bertz CT molecular complexity index is 35.9. The Labute approximate surface area is 85.4 Å². The zero-order chi connectivity index (χ0) is 3.58. The van der Waals surface area contributed by atoms with E-state index in [2.05, 4.69) is 0 Å². The number of hydrogen-bond acceptors (Lipinski definition) is 3. The van der Waals surface area contributed by atoms with Gasteiger partial charge in [-0.2, -0.15) is 0 Å². The molecule has 0 aliphatic carbocycles. The second kappa shape index (κ2) is 15.7. The van der Waals surface area contributed by atoms with Gasteiger partial charge in [0.15, 0.2) is 0 Å². The fourth-order valence-electron chi connectivity index (χ4n) is 0.